The lowest BCUT2D eigenvalue weighted by Crippen LogP contribution is -2.43. The Balaban J connectivity index is 4.53. The second kappa shape index (κ2) is 12.2. The van der Waals surface area contributed by atoms with Crippen LogP contribution in [0.25, 0.3) is 0 Å². The van der Waals surface area contributed by atoms with E-state index in [1.54, 1.807) is 0 Å². The van der Waals surface area contributed by atoms with Crippen LogP contribution in [0.3, 0.4) is 0 Å². The van der Waals surface area contributed by atoms with Gasteiger partial charge in [0.05, 0.1) is 20.8 Å². The highest BCUT2D eigenvalue weighted by Crippen LogP contribution is 2.22. The molecule has 126 valence electrons. The number of hydrogen-bond acceptors (Lipinski definition) is 7. The molecule has 0 rings (SSSR count). The van der Waals surface area contributed by atoms with Gasteiger partial charge in [-0.1, -0.05) is 46.4 Å². The Morgan fingerprint density at radius 1 is 0.955 bits per heavy atom. The van der Waals surface area contributed by atoms with Gasteiger partial charge in [-0.15, -0.1) is 23.5 Å². The molecule has 5 nitrogen and oxygen atoms in total. The Bertz CT molecular complexity index is 460. The van der Waals surface area contributed by atoms with Crippen molar-refractivity contribution in [1.82, 2.24) is 0 Å². The summed E-state index contributed by atoms with van der Waals surface area (Å²) in [6.45, 7) is 0. The van der Waals surface area contributed by atoms with Crippen LogP contribution in [0.5, 0.6) is 0 Å². The summed E-state index contributed by atoms with van der Waals surface area (Å²) in [6.07, 6.45) is 0. The maximum atomic E-state index is 11.8. The molecule has 0 aromatic rings. The minimum atomic E-state index is -2.45. The third kappa shape index (κ3) is 8.56. The molecule has 0 unspecified atom stereocenters. The Morgan fingerprint density at radius 2 is 1.27 bits per heavy atom. The fourth-order valence-electron chi connectivity index (χ4n) is 0.912. The van der Waals surface area contributed by atoms with E-state index in [4.69, 9.17) is 57.9 Å². The molecule has 22 heavy (non-hydrogen) atoms. The third-order valence-electron chi connectivity index (χ3n) is 1.94. The molecule has 12 heteroatoms. The average Bonchev–Trinajstić information content (AvgIpc) is 2.54. The molecule has 0 heterocycles. The topological polar surface area (TPSA) is 103 Å². The quantitative estimate of drug-likeness (QED) is 0.591. The van der Waals surface area contributed by atoms with Gasteiger partial charge in [0.25, 0.3) is 0 Å². The zero-order valence-electron chi connectivity index (χ0n) is 10.8. The Morgan fingerprint density at radius 3 is 1.55 bits per heavy atom. The van der Waals surface area contributed by atoms with Gasteiger partial charge in [0.15, 0.2) is 10.8 Å². The van der Waals surface area contributed by atoms with Gasteiger partial charge >= 0.3 is 0 Å². The minimum Gasteiger partial charge on any atom is -0.320 e. The number of carbonyl (C=O) groups excluding carboxylic acids is 2. The summed E-state index contributed by atoms with van der Waals surface area (Å²) in [6, 6.07) is -2.27. The van der Waals surface area contributed by atoms with Crippen LogP contribution in [-0.2, 0) is 20.4 Å². The van der Waals surface area contributed by atoms with E-state index in [2.05, 4.69) is 0 Å². The second-order valence-electron chi connectivity index (χ2n) is 3.57. The predicted molar refractivity (Wildman–Crippen MR) is 98.6 cm³/mol. The maximum absolute atomic E-state index is 11.8. The predicted octanol–water partition coefficient (Wildman–Crippen LogP) is 2.46. The number of halogens is 4. The molecule has 0 saturated carbocycles. The number of carbonyl (C=O) groups is 2. The molecule has 0 aromatic carbocycles. The van der Waals surface area contributed by atoms with Crippen molar-refractivity contribution in [3.63, 3.8) is 0 Å². The van der Waals surface area contributed by atoms with Gasteiger partial charge in [-0.2, -0.15) is 0 Å². The van der Waals surface area contributed by atoms with Crippen LogP contribution in [0.2, 0.25) is 0 Å². The van der Waals surface area contributed by atoms with Crippen LogP contribution >= 0.6 is 69.9 Å². The molecule has 2 atom stereocenters. The number of rotatable bonds is 8. The SMILES string of the molecule is N[C@@H](CSC(Cl)=CCl)C(=O)S(=O)C(=O)[C@@H](N)CSC(Cl)=CCl. The van der Waals surface area contributed by atoms with E-state index in [-0.39, 0.29) is 20.2 Å². The third-order valence-corrected chi connectivity index (χ3v) is 6.91. The lowest BCUT2D eigenvalue weighted by molar-refractivity contribution is -0.114. The molecule has 0 radical (unpaired) electrons. The normalized spacial score (nSPS) is 17.0. The van der Waals surface area contributed by atoms with Crippen molar-refractivity contribution in [2.75, 3.05) is 11.5 Å². The molecule has 0 amide bonds. The molecule has 0 aromatic heterocycles. The molecular weight excluding hydrogens is 434 g/mol. The monoisotopic (exact) mass is 444 g/mol. The fraction of sp³-hybridized carbons (Fsp3) is 0.400. The first kappa shape index (κ1) is 22.8. The molecule has 4 N–H and O–H groups in total. The van der Waals surface area contributed by atoms with Crippen molar-refractivity contribution in [3.05, 3.63) is 19.8 Å². The standard InChI is InChI=1S/C10H12Cl4N2O3S3/c11-1-7(13)20-3-5(15)9(17)22(19)10(18)6(16)4-21-8(14)2-12/h1-2,5-6H,3-4,15-16H2/t5-,6-,22?/m0/s1. The van der Waals surface area contributed by atoms with Gasteiger partial charge in [0.1, 0.15) is 0 Å². The van der Waals surface area contributed by atoms with Gasteiger partial charge in [0.2, 0.25) is 10.2 Å². The van der Waals surface area contributed by atoms with Crippen molar-refractivity contribution in [2.45, 2.75) is 12.1 Å². The fourth-order valence-corrected chi connectivity index (χ4v) is 3.90. The highest BCUT2D eigenvalue weighted by molar-refractivity contribution is 8.14. The van der Waals surface area contributed by atoms with Crippen LogP contribution in [0.15, 0.2) is 19.8 Å². The summed E-state index contributed by atoms with van der Waals surface area (Å²) in [7, 11) is -2.45. The highest BCUT2D eigenvalue weighted by atomic mass is 35.5. The van der Waals surface area contributed by atoms with E-state index >= 15 is 0 Å². The molecule has 0 spiro atoms. The highest BCUT2D eigenvalue weighted by Gasteiger charge is 2.30. The zero-order chi connectivity index (χ0) is 17.3. The number of thioether (sulfide) groups is 2. The van der Waals surface area contributed by atoms with Gasteiger partial charge in [-0.25, -0.2) is 4.21 Å². The van der Waals surface area contributed by atoms with E-state index < -0.39 is 33.1 Å². The smallest absolute Gasteiger partial charge is 0.244 e. The first-order valence-electron chi connectivity index (χ1n) is 5.42. The zero-order valence-corrected chi connectivity index (χ0v) is 16.3. The summed E-state index contributed by atoms with van der Waals surface area (Å²) in [4.78, 5) is 23.6. The summed E-state index contributed by atoms with van der Waals surface area (Å²) in [5.74, 6) is 0.0649. The van der Waals surface area contributed by atoms with E-state index in [0.29, 0.717) is 0 Å². The van der Waals surface area contributed by atoms with Crippen LogP contribution in [0.4, 0.5) is 0 Å². The summed E-state index contributed by atoms with van der Waals surface area (Å²) in [5, 5.41) is -1.84. The molecule has 0 aliphatic carbocycles. The van der Waals surface area contributed by atoms with E-state index in [0.717, 1.165) is 34.6 Å². The second-order valence-corrected chi connectivity index (χ2v) is 8.73. The number of hydrogen-bond donors (Lipinski definition) is 2. The molecule has 0 bridgehead atoms. The molecule has 0 fully saturated rings. The Kier molecular flexibility index (Phi) is 12.6. The molecule has 0 saturated heterocycles. The summed E-state index contributed by atoms with van der Waals surface area (Å²) >= 11 is 23.9. The van der Waals surface area contributed by atoms with Crippen LogP contribution in [0.1, 0.15) is 0 Å². The minimum absolute atomic E-state index is 0.0324. The van der Waals surface area contributed by atoms with Crippen LogP contribution in [0, 0.1) is 0 Å². The summed E-state index contributed by atoms with van der Waals surface area (Å²) in [5.41, 5.74) is 13.3. The van der Waals surface area contributed by atoms with Gasteiger partial charge in [-0.05, 0) is 0 Å². The van der Waals surface area contributed by atoms with E-state index in [1.165, 1.54) is 0 Å². The van der Waals surface area contributed by atoms with Gasteiger partial charge in [-0.3, -0.25) is 9.59 Å². The first-order valence-corrected chi connectivity index (χ1v) is 10.2. The van der Waals surface area contributed by atoms with Crippen LogP contribution in [-0.4, -0.2) is 38.0 Å². The van der Waals surface area contributed by atoms with Gasteiger partial charge in [0, 0.05) is 22.6 Å². The lowest BCUT2D eigenvalue weighted by Gasteiger charge is -2.12. The van der Waals surface area contributed by atoms with Crippen molar-refractivity contribution in [3.8, 4) is 0 Å². The van der Waals surface area contributed by atoms with Crippen molar-refractivity contribution in [1.29, 1.82) is 0 Å². The van der Waals surface area contributed by atoms with Gasteiger partial charge < -0.3 is 11.5 Å². The summed E-state index contributed by atoms with van der Waals surface area (Å²) < 4.78 is 12.3. The van der Waals surface area contributed by atoms with Crippen LogP contribution < -0.4 is 11.5 Å². The first-order chi connectivity index (χ1) is 10.2. The Hall–Kier alpha value is 0.750. The molecule has 0 aliphatic rings. The molecular formula is C10H12Cl4N2O3S3. The van der Waals surface area contributed by atoms with Crippen molar-refractivity contribution >= 4 is 91.0 Å². The van der Waals surface area contributed by atoms with Crippen molar-refractivity contribution in [2.24, 2.45) is 11.5 Å². The number of nitrogens with two attached hydrogens (primary N) is 2. The maximum Gasteiger partial charge on any atom is 0.244 e. The largest absolute Gasteiger partial charge is 0.320 e. The van der Waals surface area contributed by atoms with E-state index in [1.807, 2.05) is 0 Å². The lowest BCUT2D eigenvalue weighted by atomic mass is 10.4. The average molecular weight is 446 g/mol. The molecule has 0 aliphatic heterocycles. The Labute approximate surface area is 158 Å². The van der Waals surface area contributed by atoms with E-state index in [9.17, 15) is 13.8 Å². The van der Waals surface area contributed by atoms with Crippen molar-refractivity contribution < 1.29 is 13.8 Å².